The number of amides is 3. The van der Waals surface area contributed by atoms with Gasteiger partial charge in [0.25, 0.3) is 5.91 Å². The summed E-state index contributed by atoms with van der Waals surface area (Å²) >= 11 is 0. The molecule has 1 N–H and O–H groups in total. The molecule has 6 nitrogen and oxygen atoms in total. The first-order chi connectivity index (χ1) is 14.3. The smallest absolute Gasteiger partial charge is 0.253 e. The Morgan fingerprint density at radius 2 is 1.73 bits per heavy atom. The van der Waals surface area contributed by atoms with Gasteiger partial charge in [-0.3, -0.25) is 14.4 Å². The minimum atomic E-state index is -0.408. The topological polar surface area (TPSA) is 69.7 Å². The zero-order chi connectivity index (χ0) is 21.8. The number of carbonyl (C=O) groups excluding carboxylic acids is 3. The zero-order valence-corrected chi connectivity index (χ0v) is 18.1. The Morgan fingerprint density at radius 3 is 2.37 bits per heavy atom. The van der Waals surface area contributed by atoms with Crippen LogP contribution in [0.4, 0.5) is 11.4 Å². The summed E-state index contributed by atoms with van der Waals surface area (Å²) in [6.07, 6.45) is 0.192. The Hall–Kier alpha value is -3.15. The predicted octanol–water partition coefficient (Wildman–Crippen LogP) is 3.78. The fourth-order valence-corrected chi connectivity index (χ4v) is 3.78. The Bertz CT molecular complexity index is 949. The van der Waals surface area contributed by atoms with Crippen molar-refractivity contribution in [3.05, 3.63) is 59.2 Å². The number of hydrogen-bond donors (Lipinski definition) is 1. The predicted molar refractivity (Wildman–Crippen MR) is 119 cm³/mol. The fourth-order valence-electron chi connectivity index (χ4n) is 3.78. The van der Waals surface area contributed by atoms with E-state index in [1.807, 2.05) is 45.9 Å². The van der Waals surface area contributed by atoms with Crippen molar-refractivity contribution in [2.75, 3.05) is 29.9 Å². The minimum Gasteiger partial charge on any atom is -0.339 e. The molecule has 2 aromatic carbocycles. The lowest BCUT2D eigenvalue weighted by atomic mass is 10.1. The molecule has 3 amide bonds. The Morgan fingerprint density at radius 1 is 1.07 bits per heavy atom. The highest BCUT2D eigenvalue weighted by Crippen LogP contribution is 2.30. The maximum Gasteiger partial charge on any atom is 0.253 e. The molecule has 2 aromatic rings. The fraction of sp³-hybridized carbons (Fsp3) is 0.375. The number of nitrogens with one attached hydrogen (secondary N) is 1. The Kier molecular flexibility index (Phi) is 6.55. The number of hydrogen-bond acceptors (Lipinski definition) is 3. The highest BCUT2D eigenvalue weighted by atomic mass is 16.2. The van der Waals surface area contributed by atoms with Crippen molar-refractivity contribution < 1.29 is 14.4 Å². The van der Waals surface area contributed by atoms with Gasteiger partial charge in [-0.25, -0.2) is 0 Å². The summed E-state index contributed by atoms with van der Waals surface area (Å²) in [4.78, 5) is 41.2. The standard InChI is InChI=1S/C24H29N3O3/c1-5-26(6-2)24(30)18-10-12-20(13-11-18)25-23(29)19-14-22(28)27(15-19)21-9-7-8-16(3)17(21)4/h7-13,19H,5-6,14-15H2,1-4H3,(H,25,29). The lowest BCUT2D eigenvalue weighted by Crippen LogP contribution is -2.30. The monoisotopic (exact) mass is 407 g/mol. The van der Waals surface area contributed by atoms with Gasteiger partial charge in [-0.15, -0.1) is 0 Å². The van der Waals surface area contributed by atoms with Gasteiger partial charge in [0.15, 0.2) is 0 Å². The third kappa shape index (κ3) is 4.37. The van der Waals surface area contributed by atoms with Crippen LogP contribution < -0.4 is 10.2 Å². The van der Waals surface area contributed by atoms with Crippen LogP contribution in [0.25, 0.3) is 0 Å². The molecule has 1 saturated heterocycles. The van der Waals surface area contributed by atoms with Crippen LogP contribution >= 0.6 is 0 Å². The van der Waals surface area contributed by atoms with E-state index < -0.39 is 5.92 Å². The van der Waals surface area contributed by atoms with Crippen LogP contribution in [-0.2, 0) is 9.59 Å². The van der Waals surface area contributed by atoms with Gasteiger partial charge in [0, 0.05) is 43.0 Å². The van der Waals surface area contributed by atoms with Gasteiger partial charge in [-0.2, -0.15) is 0 Å². The van der Waals surface area contributed by atoms with Crippen LogP contribution in [0.5, 0.6) is 0 Å². The molecule has 1 fully saturated rings. The summed E-state index contributed by atoms with van der Waals surface area (Å²) in [6, 6.07) is 12.8. The molecular formula is C24H29N3O3. The van der Waals surface area contributed by atoms with E-state index in [1.165, 1.54) is 0 Å². The first-order valence-corrected chi connectivity index (χ1v) is 10.4. The minimum absolute atomic E-state index is 0.0246. The van der Waals surface area contributed by atoms with E-state index >= 15 is 0 Å². The molecule has 0 aliphatic carbocycles. The molecule has 0 saturated carbocycles. The van der Waals surface area contributed by atoms with Crippen LogP contribution in [-0.4, -0.2) is 42.3 Å². The largest absolute Gasteiger partial charge is 0.339 e. The third-order valence-corrected chi connectivity index (χ3v) is 5.81. The van der Waals surface area contributed by atoms with Crippen molar-refractivity contribution in [3.63, 3.8) is 0 Å². The highest BCUT2D eigenvalue weighted by Gasteiger charge is 2.35. The van der Waals surface area contributed by atoms with E-state index in [0.717, 1.165) is 16.8 Å². The quantitative estimate of drug-likeness (QED) is 0.792. The van der Waals surface area contributed by atoms with Crippen molar-refractivity contribution >= 4 is 29.1 Å². The van der Waals surface area contributed by atoms with Gasteiger partial charge >= 0.3 is 0 Å². The third-order valence-electron chi connectivity index (χ3n) is 5.81. The van der Waals surface area contributed by atoms with Gasteiger partial charge in [0.1, 0.15) is 0 Å². The second kappa shape index (κ2) is 9.11. The first-order valence-electron chi connectivity index (χ1n) is 10.4. The van der Waals surface area contributed by atoms with Gasteiger partial charge in [-0.1, -0.05) is 12.1 Å². The molecule has 158 valence electrons. The van der Waals surface area contributed by atoms with Crippen LogP contribution in [0.1, 0.15) is 41.8 Å². The van der Waals surface area contributed by atoms with Crippen molar-refractivity contribution in [2.45, 2.75) is 34.1 Å². The van der Waals surface area contributed by atoms with Crippen LogP contribution in [0.3, 0.4) is 0 Å². The molecule has 30 heavy (non-hydrogen) atoms. The molecule has 1 atom stereocenters. The molecule has 0 aromatic heterocycles. The summed E-state index contributed by atoms with van der Waals surface area (Å²) in [5, 5.41) is 2.88. The van der Waals surface area contributed by atoms with E-state index in [-0.39, 0.29) is 24.1 Å². The van der Waals surface area contributed by atoms with Gasteiger partial charge in [0.05, 0.1) is 5.92 Å². The number of nitrogens with zero attached hydrogens (tertiary/aromatic N) is 2. The molecule has 1 unspecified atom stereocenters. The number of rotatable bonds is 6. The zero-order valence-electron chi connectivity index (χ0n) is 18.1. The van der Waals surface area contributed by atoms with E-state index in [9.17, 15) is 14.4 Å². The number of benzene rings is 2. The van der Waals surface area contributed by atoms with E-state index in [0.29, 0.717) is 30.9 Å². The first kappa shape index (κ1) is 21.6. The molecule has 1 aliphatic rings. The van der Waals surface area contributed by atoms with Crippen LogP contribution in [0, 0.1) is 19.8 Å². The maximum absolute atomic E-state index is 12.7. The van der Waals surface area contributed by atoms with Gasteiger partial charge in [0.2, 0.25) is 11.8 Å². The number of aryl methyl sites for hydroxylation is 1. The van der Waals surface area contributed by atoms with E-state index in [1.54, 1.807) is 34.1 Å². The second-order valence-electron chi connectivity index (χ2n) is 7.67. The summed E-state index contributed by atoms with van der Waals surface area (Å²) in [5.41, 5.74) is 4.25. The lowest BCUT2D eigenvalue weighted by molar-refractivity contribution is -0.122. The molecule has 0 spiro atoms. The van der Waals surface area contributed by atoms with Crippen LogP contribution in [0.2, 0.25) is 0 Å². The van der Waals surface area contributed by atoms with Crippen molar-refractivity contribution in [1.29, 1.82) is 0 Å². The molecule has 1 aliphatic heterocycles. The van der Waals surface area contributed by atoms with Crippen molar-refractivity contribution in [1.82, 2.24) is 4.90 Å². The SMILES string of the molecule is CCN(CC)C(=O)c1ccc(NC(=O)C2CC(=O)N(c3cccc(C)c3C)C2)cc1. The highest BCUT2D eigenvalue weighted by molar-refractivity contribution is 6.04. The second-order valence-corrected chi connectivity index (χ2v) is 7.67. The summed E-state index contributed by atoms with van der Waals surface area (Å²) in [7, 11) is 0. The summed E-state index contributed by atoms with van der Waals surface area (Å²) in [6.45, 7) is 9.57. The summed E-state index contributed by atoms with van der Waals surface area (Å²) in [5.74, 6) is -0.652. The molecule has 6 heteroatoms. The van der Waals surface area contributed by atoms with E-state index in [2.05, 4.69) is 5.32 Å². The van der Waals surface area contributed by atoms with Crippen molar-refractivity contribution in [3.8, 4) is 0 Å². The van der Waals surface area contributed by atoms with Gasteiger partial charge in [-0.05, 0) is 69.2 Å². The van der Waals surface area contributed by atoms with E-state index in [4.69, 9.17) is 0 Å². The molecule has 1 heterocycles. The average Bonchev–Trinajstić information content (AvgIpc) is 3.13. The van der Waals surface area contributed by atoms with Crippen LogP contribution in [0.15, 0.2) is 42.5 Å². The maximum atomic E-state index is 12.7. The van der Waals surface area contributed by atoms with Crippen molar-refractivity contribution in [2.24, 2.45) is 5.92 Å². The summed E-state index contributed by atoms with van der Waals surface area (Å²) < 4.78 is 0. The number of carbonyl (C=O) groups is 3. The molecule has 3 rings (SSSR count). The lowest BCUT2D eigenvalue weighted by Gasteiger charge is -2.20. The average molecular weight is 408 g/mol. The normalized spacial score (nSPS) is 15.9. The van der Waals surface area contributed by atoms with Gasteiger partial charge < -0.3 is 15.1 Å². The molecule has 0 bridgehead atoms. The Labute approximate surface area is 177 Å². The number of anilines is 2. The molecule has 0 radical (unpaired) electrons. The Balaban J connectivity index is 1.66. The molecular weight excluding hydrogens is 378 g/mol.